The van der Waals surface area contributed by atoms with E-state index in [-0.39, 0.29) is 12.0 Å². The number of carboxylic acid groups (broad SMARTS) is 1. The van der Waals surface area contributed by atoms with Crippen LogP contribution in [0.4, 0.5) is 4.79 Å². The van der Waals surface area contributed by atoms with E-state index < -0.39 is 12.1 Å². The van der Waals surface area contributed by atoms with Crippen LogP contribution in [0.3, 0.4) is 0 Å². The molecule has 1 aliphatic heterocycles. The van der Waals surface area contributed by atoms with Crippen molar-refractivity contribution in [3.63, 3.8) is 0 Å². The number of halogens is 1. The summed E-state index contributed by atoms with van der Waals surface area (Å²) < 4.78 is 1.01. The number of fused-ring (bicyclic) bond motifs is 1. The van der Waals surface area contributed by atoms with Crippen molar-refractivity contribution >= 4 is 35.0 Å². The number of likely N-dealkylation sites (tertiary alicyclic amines) is 1. The first-order valence-corrected chi connectivity index (χ1v) is 8.48. The molecule has 1 saturated carbocycles. The summed E-state index contributed by atoms with van der Waals surface area (Å²) in [5, 5.41) is 11.1. The highest BCUT2D eigenvalue weighted by atomic mass is 127. The normalized spacial score (nSPS) is 29.6. The van der Waals surface area contributed by atoms with Crippen LogP contribution in [0.1, 0.15) is 31.6 Å². The molecule has 5 atom stereocenters. The van der Waals surface area contributed by atoms with Crippen LogP contribution in [0.25, 0.3) is 0 Å². The molecule has 0 bridgehead atoms. The number of hydrogen-bond donors (Lipinski definition) is 3. The number of aromatic nitrogens is 2. The third kappa shape index (κ3) is 3.12. The quantitative estimate of drug-likeness (QED) is 0.482. The smallest absolute Gasteiger partial charge is 0.405 e. The molecule has 120 valence electrons. The van der Waals surface area contributed by atoms with Gasteiger partial charge in [0.15, 0.2) is 0 Å². The number of carbonyl (C=O) groups is 2. The van der Waals surface area contributed by atoms with Crippen molar-refractivity contribution in [1.29, 1.82) is 0 Å². The number of piperidine rings is 1. The summed E-state index contributed by atoms with van der Waals surface area (Å²) in [5.41, 5.74) is 0. The monoisotopic (exact) mass is 418 g/mol. The summed E-state index contributed by atoms with van der Waals surface area (Å²) in [7, 11) is 0. The molecule has 1 unspecified atom stereocenters. The summed E-state index contributed by atoms with van der Waals surface area (Å²) in [4.78, 5) is 32.0. The maximum atomic E-state index is 11.1. The molecule has 2 heterocycles. The van der Waals surface area contributed by atoms with Crippen LogP contribution in [0, 0.1) is 15.5 Å². The molecule has 0 spiro atoms. The van der Waals surface area contributed by atoms with Gasteiger partial charge in [0.1, 0.15) is 12.1 Å². The highest BCUT2D eigenvalue weighted by Gasteiger charge is 2.53. The van der Waals surface area contributed by atoms with E-state index in [1.807, 2.05) is 13.1 Å². The number of amides is 1. The van der Waals surface area contributed by atoms with Gasteiger partial charge in [-0.25, -0.2) is 9.78 Å². The predicted octanol–water partition coefficient (Wildman–Crippen LogP) is 1.62. The van der Waals surface area contributed by atoms with Crippen LogP contribution in [0.15, 0.2) is 6.20 Å². The Hall–Kier alpha value is -1.16. The van der Waals surface area contributed by atoms with Crippen LogP contribution in [0.5, 0.6) is 0 Å². The molecular weight excluding hydrogens is 399 g/mol. The second kappa shape index (κ2) is 6.15. The van der Waals surface area contributed by atoms with Crippen molar-refractivity contribution in [3.05, 3.63) is 15.7 Å². The Balaban J connectivity index is 1.69. The lowest BCUT2D eigenvalue weighted by molar-refractivity contribution is -0.110. The Morgan fingerprint density at radius 2 is 2.45 bits per heavy atom. The molecule has 8 heteroatoms. The van der Waals surface area contributed by atoms with Gasteiger partial charge in [0.2, 0.25) is 0 Å². The fourth-order valence-corrected chi connectivity index (χ4v) is 3.87. The van der Waals surface area contributed by atoms with Crippen LogP contribution in [0.2, 0.25) is 0 Å². The molecule has 1 saturated heterocycles. The second-order valence-electron chi connectivity index (χ2n) is 6.22. The highest BCUT2D eigenvalue weighted by molar-refractivity contribution is 14.1. The third-order valence-electron chi connectivity index (χ3n) is 4.67. The fraction of sp³-hybridized carbons (Fsp3) is 0.643. The minimum Gasteiger partial charge on any atom is -0.465 e. The molecule has 2 fully saturated rings. The van der Waals surface area contributed by atoms with Gasteiger partial charge in [-0.15, -0.1) is 0 Å². The molecule has 1 aliphatic carbocycles. The second-order valence-corrected chi connectivity index (χ2v) is 7.38. The Labute approximate surface area is 142 Å². The number of imidazole rings is 1. The summed E-state index contributed by atoms with van der Waals surface area (Å²) in [6, 6.07) is 0.117. The van der Waals surface area contributed by atoms with E-state index in [0.29, 0.717) is 24.8 Å². The van der Waals surface area contributed by atoms with Gasteiger partial charge in [0.05, 0.1) is 22.0 Å². The Morgan fingerprint density at radius 1 is 1.68 bits per heavy atom. The van der Waals surface area contributed by atoms with E-state index >= 15 is 0 Å². The molecule has 2 aliphatic rings. The molecule has 3 rings (SSSR count). The van der Waals surface area contributed by atoms with Crippen molar-refractivity contribution in [1.82, 2.24) is 20.2 Å². The number of nitrogens with zero attached hydrogens (tertiary/aromatic N) is 2. The van der Waals surface area contributed by atoms with E-state index in [1.165, 1.54) is 6.42 Å². The number of aldehydes is 1. The number of rotatable bonds is 6. The highest BCUT2D eigenvalue weighted by Crippen LogP contribution is 2.53. The molecule has 1 aromatic rings. The maximum absolute atomic E-state index is 11.1. The Bertz CT molecular complexity index is 578. The van der Waals surface area contributed by atoms with Gasteiger partial charge < -0.3 is 20.2 Å². The predicted molar refractivity (Wildman–Crippen MR) is 87.4 cm³/mol. The molecule has 1 amide bonds. The molecule has 1 aromatic heterocycles. The molecule has 7 nitrogen and oxygen atoms in total. The van der Waals surface area contributed by atoms with Gasteiger partial charge in [0.25, 0.3) is 0 Å². The average Bonchev–Trinajstić information content (AvgIpc) is 2.96. The molecule has 0 aromatic carbocycles. The first kappa shape index (κ1) is 15.7. The Kier molecular flexibility index (Phi) is 4.40. The van der Waals surface area contributed by atoms with E-state index in [4.69, 9.17) is 5.11 Å². The van der Waals surface area contributed by atoms with Gasteiger partial charge in [-0.05, 0) is 47.3 Å². The van der Waals surface area contributed by atoms with Gasteiger partial charge >= 0.3 is 6.09 Å². The molecule has 3 N–H and O–H groups in total. The minimum absolute atomic E-state index is 0.0792. The first-order valence-electron chi connectivity index (χ1n) is 7.40. The zero-order valence-electron chi connectivity index (χ0n) is 12.2. The summed E-state index contributed by atoms with van der Waals surface area (Å²) in [5.74, 6) is 1.60. The van der Waals surface area contributed by atoms with Crippen LogP contribution >= 0.6 is 22.6 Å². The van der Waals surface area contributed by atoms with Crippen molar-refractivity contribution in [3.8, 4) is 0 Å². The zero-order valence-corrected chi connectivity index (χ0v) is 14.4. The molecular formula is C14H19IN4O3. The van der Waals surface area contributed by atoms with Gasteiger partial charge in [-0.2, -0.15) is 0 Å². The summed E-state index contributed by atoms with van der Waals surface area (Å²) >= 11 is 2.21. The summed E-state index contributed by atoms with van der Waals surface area (Å²) in [6.45, 7) is 2.60. The van der Waals surface area contributed by atoms with Crippen molar-refractivity contribution in [2.45, 2.75) is 37.9 Å². The lowest BCUT2D eigenvalue weighted by Gasteiger charge is -2.30. The summed E-state index contributed by atoms with van der Waals surface area (Å²) in [6.07, 6.45) is 3.62. The largest absolute Gasteiger partial charge is 0.465 e. The number of H-pyrrole nitrogens is 1. The maximum Gasteiger partial charge on any atom is 0.405 e. The minimum atomic E-state index is -1.16. The lowest BCUT2D eigenvalue weighted by Crippen LogP contribution is -2.45. The van der Waals surface area contributed by atoms with Crippen molar-refractivity contribution in [2.75, 3.05) is 6.54 Å². The zero-order chi connectivity index (χ0) is 15.9. The Morgan fingerprint density at radius 3 is 3.05 bits per heavy atom. The van der Waals surface area contributed by atoms with E-state index in [9.17, 15) is 9.59 Å². The SMILES string of the molecule is C[C@H](CN1[C@@H]2C[C@@H]2C[C@H]1c1ncc(I)[nH]1)C(C=O)NC(=O)O. The topological polar surface area (TPSA) is 98.3 Å². The molecule has 22 heavy (non-hydrogen) atoms. The van der Waals surface area contributed by atoms with E-state index in [1.54, 1.807) is 0 Å². The van der Waals surface area contributed by atoms with Crippen molar-refractivity contribution < 1.29 is 14.7 Å². The number of carbonyl (C=O) groups excluding carboxylic acids is 1. The number of nitrogens with one attached hydrogen (secondary N) is 2. The van der Waals surface area contributed by atoms with Gasteiger partial charge in [0, 0.05) is 12.6 Å². The number of hydrogen-bond acceptors (Lipinski definition) is 4. The average molecular weight is 418 g/mol. The van der Waals surface area contributed by atoms with E-state index in [0.717, 1.165) is 15.9 Å². The van der Waals surface area contributed by atoms with Gasteiger partial charge in [-0.1, -0.05) is 6.92 Å². The lowest BCUT2D eigenvalue weighted by atomic mass is 10.0. The van der Waals surface area contributed by atoms with Gasteiger partial charge in [-0.3, -0.25) is 4.90 Å². The number of aromatic amines is 1. The van der Waals surface area contributed by atoms with E-state index in [2.05, 4.69) is 42.8 Å². The fourth-order valence-electron chi connectivity index (χ4n) is 3.46. The molecule has 0 radical (unpaired) electrons. The van der Waals surface area contributed by atoms with Crippen LogP contribution in [-0.2, 0) is 4.79 Å². The third-order valence-corrected chi connectivity index (χ3v) is 5.21. The van der Waals surface area contributed by atoms with Crippen LogP contribution < -0.4 is 5.32 Å². The first-order chi connectivity index (χ1) is 10.5. The van der Waals surface area contributed by atoms with Crippen LogP contribution in [-0.4, -0.2) is 51.0 Å². The standard InChI is InChI=1S/C14H19IN4O3/c1-7(9(6-20)17-14(21)22)5-19-10-2-8(10)3-11(19)13-16-4-12(15)18-13/h4,6-11,17H,2-3,5H2,1H3,(H,16,18)(H,21,22)/t7-,8-,9?,10-,11+/m1/s1. The van der Waals surface area contributed by atoms with Crippen molar-refractivity contribution in [2.24, 2.45) is 11.8 Å².